The first-order valence-electron chi connectivity index (χ1n) is 8.89. The van der Waals surface area contributed by atoms with E-state index in [1.807, 2.05) is 24.3 Å². The van der Waals surface area contributed by atoms with Crippen LogP contribution in [0.25, 0.3) is 10.4 Å². The average molecular weight is 498 g/mol. The van der Waals surface area contributed by atoms with Crippen LogP contribution < -0.4 is 10.5 Å². The molecule has 0 bridgehead atoms. The van der Waals surface area contributed by atoms with Crippen molar-refractivity contribution in [3.63, 3.8) is 0 Å². The number of carbonyl (C=O) groups excluding carboxylic acids is 1. The molecule has 0 spiro atoms. The molecule has 2 aromatic heterocycles. The monoisotopic (exact) mass is 497 g/mol. The van der Waals surface area contributed by atoms with Crippen LogP contribution in [0.15, 0.2) is 43.5 Å². The van der Waals surface area contributed by atoms with Crippen LogP contribution in [-0.4, -0.2) is 19.5 Å². The number of aryl methyl sites for hydroxylation is 2. The number of thiophene rings is 1. The largest absolute Gasteiger partial charge is 0.366 e. The number of nitrogens with zero attached hydrogens (tertiary/aromatic N) is 1. The lowest BCUT2D eigenvalue weighted by Gasteiger charge is -2.09. The summed E-state index contributed by atoms with van der Waals surface area (Å²) < 4.78 is 34.0. The summed E-state index contributed by atoms with van der Waals surface area (Å²) in [5.74, 6) is -0.884. The Labute approximate surface area is 181 Å². The molecule has 1 amide bonds. The van der Waals surface area contributed by atoms with Gasteiger partial charge in [-0.2, -0.15) is 0 Å². The zero-order valence-corrected chi connectivity index (χ0v) is 19.1. The normalized spacial score (nSPS) is 11.6. The molecule has 0 radical (unpaired) electrons. The van der Waals surface area contributed by atoms with Crippen LogP contribution in [0.1, 0.15) is 41.4 Å². The van der Waals surface area contributed by atoms with Gasteiger partial charge in [0.05, 0.1) is 16.1 Å². The topological polar surface area (TPSA) is 115 Å². The SMILES string of the molecule is CCCCc1ccc(-c2scc(C(N)=O)c2S(=O)(=O)Nc2onc(C)c2Br)cc1. The quantitative estimate of drug-likeness (QED) is 0.467. The second-order valence-electron chi connectivity index (χ2n) is 6.49. The lowest BCUT2D eigenvalue weighted by atomic mass is 10.1. The summed E-state index contributed by atoms with van der Waals surface area (Å²) in [5.41, 5.74) is 7.72. The third-order valence-corrected chi connectivity index (χ3v) is 7.84. The molecular formula is C19H20BrN3O4S2. The molecule has 0 fully saturated rings. The number of hydrogen-bond donors (Lipinski definition) is 2. The molecule has 3 rings (SSSR count). The number of anilines is 1. The van der Waals surface area contributed by atoms with Gasteiger partial charge in [-0.05, 0) is 46.8 Å². The van der Waals surface area contributed by atoms with Crippen LogP contribution in [0.4, 0.5) is 5.88 Å². The lowest BCUT2D eigenvalue weighted by molar-refractivity contribution is 0.0998. The summed E-state index contributed by atoms with van der Waals surface area (Å²) in [6.45, 7) is 3.79. The highest BCUT2D eigenvalue weighted by atomic mass is 79.9. The summed E-state index contributed by atoms with van der Waals surface area (Å²) in [4.78, 5) is 12.2. The maximum absolute atomic E-state index is 13.1. The van der Waals surface area contributed by atoms with Crippen LogP contribution in [0.2, 0.25) is 0 Å². The zero-order valence-electron chi connectivity index (χ0n) is 15.9. The van der Waals surface area contributed by atoms with Crippen molar-refractivity contribution in [1.29, 1.82) is 0 Å². The van der Waals surface area contributed by atoms with Gasteiger partial charge in [0.25, 0.3) is 21.8 Å². The number of rotatable bonds is 8. The van der Waals surface area contributed by atoms with Crippen molar-refractivity contribution in [1.82, 2.24) is 5.16 Å². The molecule has 0 aliphatic carbocycles. The first kappa shape index (κ1) is 21.5. The molecule has 0 atom stereocenters. The van der Waals surface area contributed by atoms with Gasteiger partial charge in [-0.1, -0.05) is 42.8 Å². The fraction of sp³-hybridized carbons (Fsp3) is 0.263. The summed E-state index contributed by atoms with van der Waals surface area (Å²) >= 11 is 4.38. The molecular weight excluding hydrogens is 478 g/mol. The fourth-order valence-electron chi connectivity index (χ4n) is 2.78. The fourth-order valence-corrected chi connectivity index (χ4v) is 5.96. The average Bonchev–Trinajstić information content (AvgIpc) is 3.27. The van der Waals surface area contributed by atoms with Gasteiger partial charge in [0.2, 0.25) is 0 Å². The molecule has 10 heteroatoms. The maximum atomic E-state index is 13.1. The summed E-state index contributed by atoms with van der Waals surface area (Å²) in [5, 5.41) is 5.17. The number of sulfonamides is 1. The molecule has 3 N–H and O–H groups in total. The number of primary amides is 1. The van der Waals surface area contributed by atoms with Gasteiger partial charge in [-0.15, -0.1) is 11.3 Å². The van der Waals surface area contributed by atoms with Gasteiger partial charge in [-0.25, -0.2) is 13.1 Å². The molecule has 0 unspecified atom stereocenters. The molecule has 29 heavy (non-hydrogen) atoms. The van der Waals surface area contributed by atoms with E-state index in [0.29, 0.717) is 20.6 Å². The number of hydrogen-bond acceptors (Lipinski definition) is 6. The van der Waals surface area contributed by atoms with Crippen LogP contribution in [0, 0.1) is 6.92 Å². The van der Waals surface area contributed by atoms with Crippen molar-refractivity contribution in [2.75, 3.05) is 4.72 Å². The first-order chi connectivity index (χ1) is 13.7. The maximum Gasteiger partial charge on any atom is 0.266 e. The number of nitrogens with two attached hydrogens (primary N) is 1. The van der Waals surface area contributed by atoms with E-state index in [1.54, 1.807) is 6.92 Å². The van der Waals surface area contributed by atoms with E-state index in [9.17, 15) is 13.2 Å². The highest BCUT2D eigenvalue weighted by Crippen LogP contribution is 2.38. The van der Waals surface area contributed by atoms with Crippen molar-refractivity contribution >= 4 is 49.1 Å². The molecule has 3 aromatic rings. The Kier molecular flexibility index (Phi) is 6.45. The number of nitrogens with one attached hydrogen (secondary N) is 1. The number of benzene rings is 1. The third-order valence-electron chi connectivity index (χ3n) is 4.33. The van der Waals surface area contributed by atoms with Crippen LogP contribution in [0.5, 0.6) is 0 Å². The summed E-state index contributed by atoms with van der Waals surface area (Å²) in [6, 6.07) is 7.65. The van der Waals surface area contributed by atoms with Gasteiger partial charge in [0.15, 0.2) is 0 Å². The van der Waals surface area contributed by atoms with Gasteiger partial charge < -0.3 is 10.3 Å². The van der Waals surface area contributed by atoms with Gasteiger partial charge in [0, 0.05) is 5.38 Å². The highest BCUT2D eigenvalue weighted by molar-refractivity contribution is 9.10. The number of amides is 1. The molecule has 0 saturated heterocycles. The molecule has 0 aliphatic heterocycles. The van der Waals surface area contributed by atoms with Gasteiger partial charge in [-0.3, -0.25) is 4.79 Å². The van der Waals surface area contributed by atoms with Crippen molar-refractivity contribution in [2.24, 2.45) is 5.73 Å². The number of aromatic nitrogens is 1. The number of halogens is 1. The van der Waals surface area contributed by atoms with Crippen molar-refractivity contribution in [2.45, 2.75) is 38.0 Å². The predicted octanol–water partition coefficient (Wildman–Crippen LogP) is 4.72. The molecule has 0 saturated carbocycles. The molecule has 2 heterocycles. The Balaban J connectivity index is 2.04. The predicted molar refractivity (Wildman–Crippen MR) is 117 cm³/mol. The van der Waals surface area contributed by atoms with E-state index in [2.05, 4.69) is 32.7 Å². The molecule has 1 aromatic carbocycles. The van der Waals surface area contributed by atoms with E-state index >= 15 is 0 Å². The molecule has 7 nitrogen and oxygen atoms in total. The van der Waals surface area contributed by atoms with Crippen molar-refractivity contribution in [3.8, 4) is 10.4 Å². The van der Waals surface area contributed by atoms with Gasteiger partial charge in [0.1, 0.15) is 9.37 Å². The van der Waals surface area contributed by atoms with Crippen molar-refractivity contribution < 1.29 is 17.7 Å². The van der Waals surface area contributed by atoms with E-state index < -0.39 is 15.9 Å². The Morgan fingerprint density at radius 2 is 2.00 bits per heavy atom. The van der Waals surface area contributed by atoms with Gasteiger partial charge >= 0.3 is 0 Å². The number of unbranched alkanes of at least 4 members (excludes halogenated alkanes) is 1. The second kappa shape index (κ2) is 8.68. The smallest absolute Gasteiger partial charge is 0.266 e. The van der Waals surface area contributed by atoms with E-state index in [-0.39, 0.29) is 16.3 Å². The van der Waals surface area contributed by atoms with E-state index in [1.165, 1.54) is 10.9 Å². The van der Waals surface area contributed by atoms with Crippen LogP contribution >= 0.6 is 27.3 Å². The Morgan fingerprint density at radius 1 is 1.31 bits per heavy atom. The standard InChI is InChI=1S/C19H20BrN3O4S2/c1-3-4-5-12-6-8-13(9-7-12)16-17(14(10-28-16)18(21)24)29(25,26)23-19-15(20)11(2)22-27-19/h6-10,23H,3-5H2,1-2H3,(H2,21,24). The minimum Gasteiger partial charge on any atom is -0.366 e. The minimum absolute atomic E-state index is 0.0648. The molecule has 154 valence electrons. The Morgan fingerprint density at radius 3 is 2.55 bits per heavy atom. The molecule has 0 aliphatic rings. The van der Waals surface area contributed by atoms with Crippen molar-refractivity contribution in [3.05, 3.63) is 50.9 Å². The summed E-state index contributed by atoms with van der Waals surface area (Å²) in [6.07, 6.45) is 3.14. The number of carbonyl (C=O) groups is 1. The summed E-state index contributed by atoms with van der Waals surface area (Å²) in [7, 11) is -4.16. The highest BCUT2D eigenvalue weighted by Gasteiger charge is 2.30. The minimum atomic E-state index is -4.16. The Bertz CT molecular complexity index is 1130. The van der Waals surface area contributed by atoms with E-state index in [4.69, 9.17) is 10.3 Å². The van der Waals surface area contributed by atoms with E-state index in [0.717, 1.165) is 30.6 Å². The van der Waals surface area contributed by atoms with Crippen LogP contribution in [0.3, 0.4) is 0 Å². The lowest BCUT2D eigenvalue weighted by Crippen LogP contribution is -2.19. The third kappa shape index (κ3) is 4.54. The second-order valence-corrected chi connectivity index (χ2v) is 9.78. The van der Waals surface area contributed by atoms with Crippen LogP contribution in [-0.2, 0) is 16.4 Å². The Hall–Kier alpha value is -2.17. The zero-order chi connectivity index (χ0) is 21.2. The first-order valence-corrected chi connectivity index (χ1v) is 12.1.